The van der Waals surface area contributed by atoms with Crippen molar-refractivity contribution in [1.82, 2.24) is 14.9 Å². The van der Waals surface area contributed by atoms with Gasteiger partial charge in [0.05, 0.1) is 5.52 Å². The molecule has 5 N–H and O–H groups in total. The maximum atomic E-state index is 10.6. The number of nitrogens with zero attached hydrogens (tertiary/aromatic N) is 4. The first kappa shape index (κ1) is 34.6. The van der Waals surface area contributed by atoms with E-state index in [0.29, 0.717) is 23.3 Å². The van der Waals surface area contributed by atoms with E-state index >= 15 is 0 Å². The van der Waals surface area contributed by atoms with Gasteiger partial charge in [-0.1, -0.05) is 6.07 Å². The molecule has 5 rings (SSSR count). The summed E-state index contributed by atoms with van der Waals surface area (Å²) in [5.41, 5.74) is 9.54. The number of hydrogen-bond acceptors (Lipinski definition) is 10. The van der Waals surface area contributed by atoms with Crippen LogP contribution in [0.5, 0.6) is 11.6 Å². The van der Waals surface area contributed by atoms with E-state index in [1.165, 1.54) is 5.69 Å². The maximum absolute atomic E-state index is 10.6. The number of nitrogens with one attached hydrogen (secondary N) is 1. The molecular weight excluding hydrogens is 634 g/mol. The summed E-state index contributed by atoms with van der Waals surface area (Å²) in [5.74, 6) is -3.85. The Kier molecular flexibility index (Phi) is 11.4. The maximum Gasteiger partial charge on any atom is 0.490 e. The van der Waals surface area contributed by atoms with E-state index in [4.69, 9.17) is 30.3 Å². The SMILES string of the molecule is CN1CCN(c2ccc(Nc3nc(Oc4cccc(N)c4)c4sccc4n3)cc2)CC1.O=C(O)C(F)(F)F.O=C(O)C(F)(F)F. The summed E-state index contributed by atoms with van der Waals surface area (Å²) in [6.45, 7) is 4.27. The van der Waals surface area contributed by atoms with Gasteiger partial charge in [-0.15, -0.1) is 11.3 Å². The van der Waals surface area contributed by atoms with Gasteiger partial charge in [-0.3, -0.25) is 0 Å². The lowest BCUT2D eigenvalue weighted by Crippen LogP contribution is -2.44. The minimum atomic E-state index is -5.08. The van der Waals surface area contributed by atoms with Crippen molar-refractivity contribution in [2.24, 2.45) is 0 Å². The number of rotatable bonds is 5. The molecule has 0 bridgehead atoms. The monoisotopic (exact) mass is 660 g/mol. The fourth-order valence-corrected chi connectivity index (χ4v) is 4.36. The Morgan fingerprint density at radius 1 is 0.911 bits per heavy atom. The first-order chi connectivity index (χ1) is 21.0. The van der Waals surface area contributed by atoms with Crippen LogP contribution in [0.15, 0.2) is 60.0 Å². The van der Waals surface area contributed by atoms with Crippen LogP contribution < -0.4 is 20.7 Å². The minimum absolute atomic E-state index is 0.497. The summed E-state index contributed by atoms with van der Waals surface area (Å²) in [4.78, 5) is 31.8. The highest BCUT2D eigenvalue weighted by Gasteiger charge is 2.38. The standard InChI is InChI=1S/C23H24N6OS.2C2HF3O2/c1-28-10-12-29(13-11-28)18-7-5-17(6-8-18)25-23-26-20-9-14-31-21(20)22(27-23)30-19-4-2-3-16(24)15-19;2*3-2(4,5)1(6)7/h2-9,14-15H,10-13,24H2,1H3,(H,25,26,27);2*(H,6,7). The van der Waals surface area contributed by atoms with Crippen molar-refractivity contribution in [3.8, 4) is 11.6 Å². The molecule has 242 valence electrons. The number of aromatic nitrogens is 2. The van der Waals surface area contributed by atoms with Gasteiger partial charge >= 0.3 is 24.3 Å². The van der Waals surface area contributed by atoms with Crippen LogP contribution in [0.25, 0.3) is 10.2 Å². The number of hydrogen-bond donors (Lipinski definition) is 4. The van der Waals surface area contributed by atoms with Crippen molar-refractivity contribution < 1.29 is 50.9 Å². The number of nitrogen functional groups attached to an aromatic ring is 1. The van der Waals surface area contributed by atoms with E-state index in [9.17, 15) is 26.3 Å². The Morgan fingerprint density at radius 3 is 2.02 bits per heavy atom. The third-order valence-electron chi connectivity index (χ3n) is 5.82. The van der Waals surface area contributed by atoms with Gasteiger partial charge in [0.2, 0.25) is 11.8 Å². The summed E-state index contributed by atoms with van der Waals surface area (Å²) < 4.78 is 70.4. The van der Waals surface area contributed by atoms with E-state index in [1.807, 2.05) is 29.6 Å². The van der Waals surface area contributed by atoms with Crippen molar-refractivity contribution in [1.29, 1.82) is 0 Å². The number of benzene rings is 2. The highest BCUT2D eigenvalue weighted by atomic mass is 32.1. The van der Waals surface area contributed by atoms with E-state index in [2.05, 4.69) is 56.4 Å². The molecule has 3 heterocycles. The minimum Gasteiger partial charge on any atom is -0.475 e. The molecule has 2 aromatic heterocycles. The highest BCUT2D eigenvalue weighted by molar-refractivity contribution is 7.17. The number of anilines is 4. The van der Waals surface area contributed by atoms with Crippen LogP contribution in [0, 0.1) is 0 Å². The fraction of sp³-hybridized carbons (Fsp3) is 0.259. The molecule has 45 heavy (non-hydrogen) atoms. The number of carboxylic acid groups (broad SMARTS) is 2. The fourth-order valence-electron chi connectivity index (χ4n) is 3.60. The van der Waals surface area contributed by atoms with Crippen molar-refractivity contribution in [3.63, 3.8) is 0 Å². The number of alkyl halides is 6. The number of likely N-dealkylation sites (N-methyl/N-ethyl adjacent to an activating group) is 1. The smallest absolute Gasteiger partial charge is 0.475 e. The first-order valence-corrected chi connectivity index (χ1v) is 13.6. The molecular formula is C27H26F6N6O5S. The van der Waals surface area contributed by atoms with E-state index in [0.717, 1.165) is 42.1 Å². The van der Waals surface area contributed by atoms with Crippen molar-refractivity contribution >= 4 is 56.5 Å². The zero-order valence-electron chi connectivity index (χ0n) is 23.3. The lowest BCUT2D eigenvalue weighted by atomic mass is 10.2. The van der Waals surface area contributed by atoms with Crippen LogP contribution in [-0.4, -0.2) is 82.6 Å². The second kappa shape index (κ2) is 14.8. The van der Waals surface area contributed by atoms with Crippen molar-refractivity contribution in [3.05, 3.63) is 60.0 Å². The summed E-state index contributed by atoms with van der Waals surface area (Å²) in [6, 6.07) is 17.7. The van der Waals surface area contributed by atoms with E-state index in [1.54, 1.807) is 17.4 Å². The van der Waals surface area contributed by atoms with Crippen LogP contribution in [0.1, 0.15) is 0 Å². The molecule has 1 fully saturated rings. The Bertz CT molecular complexity index is 1570. The van der Waals surface area contributed by atoms with Gasteiger partial charge in [0, 0.05) is 49.3 Å². The van der Waals surface area contributed by atoms with Crippen LogP contribution in [0.4, 0.5) is 49.4 Å². The van der Waals surface area contributed by atoms with Crippen LogP contribution in [-0.2, 0) is 9.59 Å². The zero-order chi connectivity index (χ0) is 33.4. The molecule has 0 unspecified atom stereocenters. The molecule has 1 aliphatic rings. The predicted octanol–water partition coefficient (Wildman–Crippen LogP) is 5.83. The lowest BCUT2D eigenvalue weighted by Gasteiger charge is -2.34. The molecule has 0 atom stereocenters. The Balaban J connectivity index is 0.000000331. The predicted molar refractivity (Wildman–Crippen MR) is 155 cm³/mol. The third kappa shape index (κ3) is 10.7. The van der Waals surface area contributed by atoms with Gasteiger partial charge in [-0.05, 0) is 54.9 Å². The van der Waals surface area contributed by atoms with Gasteiger partial charge in [-0.2, -0.15) is 31.3 Å². The van der Waals surface area contributed by atoms with Crippen LogP contribution in [0.2, 0.25) is 0 Å². The van der Waals surface area contributed by atoms with Crippen LogP contribution >= 0.6 is 11.3 Å². The van der Waals surface area contributed by atoms with Crippen molar-refractivity contribution in [2.45, 2.75) is 12.4 Å². The van der Waals surface area contributed by atoms with Gasteiger partial charge in [0.15, 0.2) is 0 Å². The first-order valence-electron chi connectivity index (χ1n) is 12.7. The molecule has 0 radical (unpaired) electrons. The number of thiophene rings is 1. The number of ether oxygens (including phenoxy) is 1. The molecule has 1 aliphatic heterocycles. The van der Waals surface area contributed by atoms with Crippen LogP contribution in [0.3, 0.4) is 0 Å². The molecule has 18 heteroatoms. The summed E-state index contributed by atoms with van der Waals surface area (Å²) in [5, 5.41) is 19.5. The average Bonchev–Trinajstić information content (AvgIpc) is 3.43. The number of halogens is 6. The van der Waals surface area contributed by atoms with E-state index < -0.39 is 24.3 Å². The Hall–Kier alpha value is -4.84. The molecule has 4 aromatic rings. The number of piperazine rings is 1. The van der Waals surface area contributed by atoms with Gasteiger partial charge < -0.3 is 35.8 Å². The van der Waals surface area contributed by atoms with Gasteiger partial charge in [-0.25, -0.2) is 14.6 Å². The van der Waals surface area contributed by atoms with Gasteiger partial charge in [0.1, 0.15) is 10.4 Å². The lowest BCUT2D eigenvalue weighted by molar-refractivity contribution is -0.193. The topological polar surface area (TPSA) is 154 Å². The Morgan fingerprint density at radius 2 is 1.49 bits per heavy atom. The highest BCUT2D eigenvalue weighted by Crippen LogP contribution is 2.33. The van der Waals surface area contributed by atoms with E-state index in [-0.39, 0.29) is 0 Å². The zero-order valence-corrected chi connectivity index (χ0v) is 24.1. The largest absolute Gasteiger partial charge is 0.490 e. The normalized spacial score (nSPS) is 13.6. The molecule has 1 saturated heterocycles. The summed E-state index contributed by atoms with van der Waals surface area (Å²) >= 11 is 1.55. The second-order valence-corrected chi connectivity index (χ2v) is 10.1. The number of carbonyl (C=O) groups is 2. The molecule has 0 saturated carbocycles. The van der Waals surface area contributed by atoms with Gasteiger partial charge in [0.25, 0.3) is 0 Å². The number of carboxylic acids is 2. The second-order valence-electron chi connectivity index (χ2n) is 9.23. The molecule has 0 aliphatic carbocycles. The molecule has 2 aromatic carbocycles. The molecule has 0 amide bonds. The average molecular weight is 661 g/mol. The number of nitrogens with two attached hydrogens (primary N) is 1. The molecule has 11 nitrogen and oxygen atoms in total. The Labute approximate surface area is 255 Å². The number of fused-ring (bicyclic) bond motifs is 1. The third-order valence-corrected chi connectivity index (χ3v) is 6.71. The summed E-state index contributed by atoms with van der Waals surface area (Å²) in [7, 11) is 2.17. The molecule has 0 spiro atoms. The summed E-state index contributed by atoms with van der Waals surface area (Å²) in [6.07, 6.45) is -10.2. The quantitative estimate of drug-likeness (QED) is 0.151. The number of aliphatic carboxylic acids is 2. The van der Waals surface area contributed by atoms with Crippen molar-refractivity contribution in [2.75, 3.05) is 49.2 Å².